The van der Waals surface area contributed by atoms with E-state index in [1.54, 1.807) is 0 Å². The van der Waals surface area contributed by atoms with Gasteiger partial charge < -0.3 is 10.2 Å². The first-order chi connectivity index (χ1) is 9.31. The molecule has 19 heavy (non-hydrogen) atoms. The van der Waals surface area contributed by atoms with Crippen LogP contribution in [-0.4, -0.2) is 19.6 Å². The lowest BCUT2D eigenvalue weighted by Crippen LogP contribution is -2.23. The lowest BCUT2D eigenvalue weighted by Gasteiger charge is -2.22. The Morgan fingerprint density at radius 3 is 2.63 bits per heavy atom. The Kier molecular flexibility index (Phi) is 7.48. The van der Waals surface area contributed by atoms with E-state index < -0.39 is 0 Å². The minimum Gasteiger partial charge on any atom is -0.384 e. The molecule has 0 bridgehead atoms. The fraction of sp³-hybridized carbons (Fsp3) is 0.412. The van der Waals surface area contributed by atoms with Crippen LogP contribution in [0.3, 0.4) is 0 Å². The third kappa shape index (κ3) is 5.64. The summed E-state index contributed by atoms with van der Waals surface area (Å²) in [6.45, 7) is 12.5. The largest absolute Gasteiger partial charge is 0.384 e. The van der Waals surface area contributed by atoms with Crippen molar-refractivity contribution in [3.8, 4) is 0 Å². The third-order valence-electron chi connectivity index (χ3n) is 2.95. The van der Waals surface area contributed by atoms with Gasteiger partial charge in [0.2, 0.25) is 0 Å². The van der Waals surface area contributed by atoms with Crippen LogP contribution in [0.1, 0.15) is 26.2 Å². The van der Waals surface area contributed by atoms with E-state index >= 15 is 0 Å². The molecule has 1 rings (SSSR count). The summed E-state index contributed by atoms with van der Waals surface area (Å²) in [7, 11) is 0. The standard InChI is InChI=1S/C17H25N2/c1-4-7-8-12-18-16-10-9-11-17(15-16)19(13-5-2)14-6-3/h5-6,9,11,15,18H,2-4,7-8,12-14H2,1H3. The summed E-state index contributed by atoms with van der Waals surface area (Å²) in [4.78, 5) is 2.23. The average Bonchev–Trinajstić information content (AvgIpc) is 2.44. The maximum Gasteiger partial charge on any atom is 0.0441 e. The molecule has 0 aliphatic heterocycles. The van der Waals surface area contributed by atoms with E-state index in [9.17, 15) is 0 Å². The van der Waals surface area contributed by atoms with Gasteiger partial charge in [-0.05, 0) is 18.6 Å². The van der Waals surface area contributed by atoms with Crippen LogP contribution in [0.15, 0.2) is 43.5 Å². The first-order valence-corrected chi connectivity index (χ1v) is 7.04. The maximum atomic E-state index is 3.80. The molecular formula is C17H25N2. The van der Waals surface area contributed by atoms with Gasteiger partial charge in [0.1, 0.15) is 0 Å². The van der Waals surface area contributed by atoms with Crippen LogP contribution in [0.2, 0.25) is 0 Å². The number of hydrogen-bond donors (Lipinski definition) is 1. The Morgan fingerprint density at radius 2 is 2.00 bits per heavy atom. The molecule has 1 aromatic carbocycles. The summed E-state index contributed by atoms with van der Waals surface area (Å²) in [5.74, 6) is 0. The number of nitrogens with one attached hydrogen (secondary N) is 1. The van der Waals surface area contributed by atoms with E-state index in [2.05, 4.69) is 48.5 Å². The number of benzene rings is 1. The van der Waals surface area contributed by atoms with Gasteiger partial charge in [0.15, 0.2) is 0 Å². The van der Waals surface area contributed by atoms with Gasteiger partial charge in [-0.25, -0.2) is 0 Å². The fourth-order valence-electron chi connectivity index (χ4n) is 1.95. The van der Waals surface area contributed by atoms with Crippen LogP contribution in [0.4, 0.5) is 11.4 Å². The molecule has 0 saturated carbocycles. The number of hydrogen-bond acceptors (Lipinski definition) is 2. The van der Waals surface area contributed by atoms with Gasteiger partial charge in [-0.15, -0.1) is 13.2 Å². The SMILES string of the molecule is C=CCN(CC=C)c1cc[c]c(NCCCCC)c1. The Bertz CT molecular complexity index is 375. The van der Waals surface area contributed by atoms with E-state index in [0.717, 1.165) is 25.3 Å². The zero-order chi connectivity index (χ0) is 13.9. The molecule has 0 aliphatic rings. The minimum atomic E-state index is 0.825. The van der Waals surface area contributed by atoms with E-state index in [4.69, 9.17) is 0 Å². The summed E-state index contributed by atoms with van der Waals surface area (Å²) < 4.78 is 0. The quantitative estimate of drug-likeness (QED) is 0.497. The highest BCUT2D eigenvalue weighted by Gasteiger charge is 2.03. The van der Waals surface area contributed by atoms with Gasteiger partial charge >= 0.3 is 0 Å². The molecule has 1 radical (unpaired) electrons. The monoisotopic (exact) mass is 257 g/mol. The summed E-state index contributed by atoms with van der Waals surface area (Å²) in [6, 6.07) is 9.42. The molecule has 1 N–H and O–H groups in total. The zero-order valence-corrected chi connectivity index (χ0v) is 12.0. The molecular weight excluding hydrogens is 232 g/mol. The number of anilines is 2. The first-order valence-electron chi connectivity index (χ1n) is 7.04. The molecule has 0 atom stereocenters. The van der Waals surface area contributed by atoms with Crippen LogP contribution in [-0.2, 0) is 0 Å². The smallest absolute Gasteiger partial charge is 0.0441 e. The summed E-state index contributed by atoms with van der Waals surface area (Å²) in [5.41, 5.74) is 2.24. The molecule has 1 aromatic rings. The van der Waals surface area contributed by atoms with Crippen molar-refractivity contribution in [3.05, 3.63) is 49.6 Å². The van der Waals surface area contributed by atoms with Crippen LogP contribution in [0.5, 0.6) is 0 Å². The Hall–Kier alpha value is -1.70. The average molecular weight is 257 g/mol. The first kappa shape index (κ1) is 15.4. The molecule has 0 amide bonds. The number of rotatable bonds is 10. The van der Waals surface area contributed by atoms with Crippen LogP contribution < -0.4 is 10.2 Å². The van der Waals surface area contributed by atoms with Crippen molar-refractivity contribution in [2.75, 3.05) is 29.9 Å². The molecule has 0 fully saturated rings. The molecule has 0 spiro atoms. The Labute approximate surface area is 117 Å². The summed E-state index contributed by atoms with van der Waals surface area (Å²) in [5, 5.41) is 3.43. The Balaban J connectivity index is 2.63. The second kappa shape index (κ2) is 9.26. The lowest BCUT2D eigenvalue weighted by molar-refractivity contribution is 0.743. The molecule has 0 unspecified atom stereocenters. The highest BCUT2D eigenvalue weighted by molar-refractivity contribution is 5.58. The maximum absolute atomic E-state index is 3.80. The topological polar surface area (TPSA) is 15.3 Å². The van der Waals surface area contributed by atoms with Crippen molar-refractivity contribution >= 4 is 11.4 Å². The van der Waals surface area contributed by atoms with Gasteiger partial charge in [-0.1, -0.05) is 38.0 Å². The van der Waals surface area contributed by atoms with Gasteiger partial charge in [-0.2, -0.15) is 0 Å². The zero-order valence-electron chi connectivity index (χ0n) is 12.0. The number of nitrogens with zero attached hydrogens (tertiary/aromatic N) is 1. The van der Waals surface area contributed by atoms with Crippen molar-refractivity contribution in [3.63, 3.8) is 0 Å². The fourth-order valence-corrected chi connectivity index (χ4v) is 1.95. The third-order valence-corrected chi connectivity index (χ3v) is 2.95. The van der Waals surface area contributed by atoms with E-state index in [0.29, 0.717) is 0 Å². The van der Waals surface area contributed by atoms with Gasteiger partial charge in [0.25, 0.3) is 0 Å². The summed E-state index contributed by atoms with van der Waals surface area (Å²) in [6.07, 6.45) is 7.55. The molecule has 0 heterocycles. The molecule has 0 aliphatic carbocycles. The van der Waals surface area contributed by atoms with Crippen LogP contribution >= 0.6 is 0 Å². The molecule has 0 aromatic heterocycles. The van der Waals surface area contributed by atoms with Gasteiger partial charge in [-0.3, -0.25) is 0 Å². The molecule has 2 nitrogen and oxygen atoms in total. The van der Waals surface area contributed by atoms with Crippen LogP contribution in [0.25, 0.3) is 0 Å². The minimum absolute atomic E-state index is 0.825. The highest BCUT2D eigenvalue weighted by Crippen LogP contribution is 2.19. The molecule has 0 saturated heterocycles. The predicted molar refractivity (Wildman–Crippen MR) is 85.9 cm³/mol. The van der Waals surface area contributed by atoms with Crippen molar-refractivity contribution in [2.45, 2.75) is 26.2 Å². The van der Waals surface area contributed by atoms with Crippen molar-refractivity contribution in [1.29, 1.82) is 0 Å². The normalized spacial score (nSPS) is 9.95. The lowest BCUT2D eigenvalue weighted by atomic mass is 10.2. The Morgan fingerprint density at radius 1 is 1.26 bits per heavy atom. The van der Waals surface area contributed by atoms with Gasteiger partial charge in [0.05, 0.1) is 0 Å². The second-order valence-corrected chi connectivity index (χ2v) is 4.58. The second-order valence-electron chi connectivity index (χ2n) is 4.58. The summed E-state index contributed by atoms with van der Waals surface area (Å²) >= 11 is 0. The van der Waals surface area contributed by atoms with Crippen molar-refractivity contribution in [1.82, 2.24) is 0 Å². The van der Waals surface area contributed by atoms with Crippen molar-refractivity contribution < 1.29 is 0 Å². The van der Waals surface area contributed by atoms with E-state index in [1.807, 2.05) is 18.2 Å². The molecule has 103 valence electrons. The van der Waals surface area contributed by atoms with Crippen LogP contribution in [0, 0.1) is 6.07 Å². The van der Waals surface area contributed by atoms with Crippen molar-refractivity contribution in [2.24, 2.45) is 0 Å². The van der Waals surface area contributed by atoms with E-state index in [-0.39, 0.29) is 0 Å². The highest BCUT2D eigenvalue weighted by atomic mass is 15.1. The predicted octanol–water partition coefficient (Wildman–Crippen LogP) is 4.27. The van der Waals surface area contributed by atoms with Gasteiger partial charge in [0, 0.05) is 37.1 Å². The number of unbranched alkanes of at least 4 members (excludes halogenated alkanes) is 2. The van der Waals surface area contributed by atoms with E-state index in [1.165, 1.54) is 24.9 Å². The molecule has 2 heteroatoms.